The molecule has 0 amide bonds. The number of hydrogen-bond donors (Lipinski definition) is 1. The van der Waals surface area contributed by atoms with Gasteiger partial charge in [0.15, 0.2) is 0 Å². The lowest BCUT2D eigenvalue weighted by molar-refractivity contribution is 0.673. The summed E-state index contributed by atoms with van der Waals surface area (Å²) in [4.78, 5) is 0. The van der Waals surface area contributed by atoms with E-state index in [1.54, 1.807) is 0 Å². The van der Waals surface area contributed by atoms with Crippen LogP contribution in [-0.4, -0.2) is 0 Å². The summed E-state index contributed by atoms with van der Waals surface area (Å²) >= 11 is 1.86. The molecular weight excluding hydrogens is 543 g/mol. The van der Waals surface area contributed by atoms with E-state index in [9.17, 15) is 0 Å². The van der Waals surface area contributed by atoms with Gasteiger partial charge in [0.05, 0.1) is 0 Å². The Morgan fingerprint density at radius 3 is 1.84 bits per heavy atom. The zero-order chi connectivity index (χ0) is 28.3. The summed E-state index contributed by atoms with van der Waals surface area (Å²) in [6, 6.07) is 51.9. The summed E-state index contributed by atoms with van der Waals surface area (Å²) in [5.74, 6) is 0. The average Bonchev–Trinajstić information content (AvgIpc) is 3.64. The third-order valence-electron chi connectivity index (χ3n) is 8.47. The summed E-state index contributed by atoms with van der Waals surface area (Å²) in [5, 5.41) is 10.9. The largest absolute Gasteiger partial charge is 0.455 e. The van der Waals surface area contributed by atoms with E-state index in [1.807, 2.05) is 11.3 Å². The molecule has 0 aliphatic rings. The van der Waals surface area contributed by atoms with Gasteiger partial charge in [-0.15, -0.1) is 11.3 Å². The molecule has 0 bridgehead atoms. The second kappa shape index (κ2) is 9.59. The molecular formula is C40H25NOS. The summed E-state index contributed by atoms with van der Waals surface area (Å²) in [6.45, 7) is 0. The Kier molecular flexibility index (Phi) is 5.40. The predicted molar refractivity (Wildman–Crippen MR) is 185 cm³/mol. The molecule has 1 N–H and O–H groups in total. The van der Waals surface area contributed by atoms with Gasteiger partial charge >= 0.3 is 0 Å². The van der Waals surface area contributed by atoms with Crippen molar-refractivity contribution in [2.75, 3.05) is 5.32 Å². The van der Waals surface area contributed by atoms with Crippen LogP contribution in [0.4, 0.5) is 11.4 Å². The number of thiophene rings is 1. The Morgan fingerprint density at radius 2 is 1.07 bits per heavy atom. The van der Waals surface area contributed by atoms with E-state index in [0.717, 1.165) is 38.7 Å². The Bertz CT molecular complexity index is 2470. The molecule has 202 valence electrons. The molecule has 9 rings (SSSR count). The SMILES string of the molecule is c1ccc2c(c1)ccc1c2oc2cccc(-c3ccc(Nc4ccc(-c5cccc6sc7ccccc7c56)cc4)cc3)c21. The van der Waals surface area contributed by atoms with Crippen molar-refractivity contribution in [3.05, 3.63) is 146 Å². The molecule has 0 saturated carbocycles. The first-order chi connectivity index (χ1) is 21.3. The average molecular weight is 568 g/mol. The van der Waals surface area contributed by atoms with E-state index < -0.39 is 0 Å². The van der Waals surface area contributed by atoms with E-state index in [-0.39, 0.29) is 0 Å². The third-order valence-corrected chi connectivity index (χ3v) is 9.61. The lowest BCUT2D eigenvalue weighted by Gasteiger charge is -2.10. The fourth-order valence-electron chi connectivity index (χ4n) is 6.44. The maximum atomic E-state index is 6.40. The Morgan fingerprint density at radius 1 is 0.442 bits per heavy atom. The van der Waals surface area contributed by atoms with Crippen LogP contribution in [0.2, 0.25) is 0 Å². The van der Waals surface area contributed by atoms with E-state index in [2.05, 4.69) is 151 Å². The smallest absolute Gasteiger partial charge is 0.143 e. The number of nitrogens with one attached hydrogen (secondary N) is 1. The van der Waals surface area contributed by atoms with E-state index in [0.29, 0.717) is 0 Å². The molecule has 0 aliphatic carbocycles. The van der Waals surface area contributed by atoms with Gasteiger partial charge in [0.1, 0.15) is 11.2 Å². The second-order valence-corrected chi connectivity index (χ2v) is 12.1. The van der Waals surface area contributed by atoms with Gasteiger partial charge in [-0.1, -0.05) is 97.1 Å². The first kappa shape index (κ1) is 24.2. The van der Waals surface area contributed by atoms with Crippen molar-refractivity contribution in [1.29, 1.82) is 0 Å². The van der Waals surface area contributed by atoms with E-state index in [4.69, 9.17) is 4.42 Å². The molecule has 0 aliphatic heterocycles. The van der Waals surface area contributed by atoms with Crippen molar-refractivity contribution in [1.82, 2.24) is 0 Å². The molecule has 2 heterocycles. The summed E-state index contributed by atoms with van der Waals surface area (Å²) in [5.41, 5.74) is 8.83. The molecule has 7 aromatic carbocycles. The standard InChI is InChI=1S/C40H25NOS/c1-2-8-32-25(7-1)19-24-34-38-30(10-5-12-35(38)42-40(32)34)26-15-20-28(21-16-26)41-29-22-17-27(18-23-29)31-11-6-14-37-39(31)33-9-3-4-13-36(33)43-37/h1-24,41H. The highest BCUT2D eigenvalue weighted by molar-refractivity contribution is 7.25. The normalized spacial score (nSPS) is 11.7. The number of benzene rings is 7. The zero-order valence-corrected chi connectivity index (χ0v) is 24.0. The van der Waals surface area contributed by atoms with Crippen molar-refractivity contribution in [2.24, 2.45) is 0 Å². The predicted octanol–water partition coefficient (Wildman–Crippen LogP) is 12.2. The van der Waals surface area contributed by atoms with Crippen LogP contribution in [0, 0.1) is 0 Å². The number of rotatable bonds is 4. The Labute approximate surface area is 252 Å². The van der Waals surface area contributed by atoms with Gasteiger partial charge < -0.3 is 9.73 Å². The summed E-state index contributed by atoms with van der Waals surface area (Å²) in [7, 11) is 0. The van der Waals surface area contributed by atoms with Crippen LogP contribution < -0.4 is 5.32 Å². The minimum absolute atomic E-state index is 0.914. The molecule has 2 nitrogen and oxygen atoms in total. The van der Waals surface area contributed by atoms with Crippen molar-refractivity contribution < 1.29 is 4.42 Å². The van der Waals surface area contributed by atoms with Crippen LogP contribution in [0.5, 0.6) is 0 Å². The number of furan rings is 1. The second-order valence-electron chi connectivity index (χ2n) is 11.0. The molecule has 0 radical (unpaired) electrons. The fourth-order valence-corrected chi connectivity index (χ4v) is 7.57. The first-order valence-corrected chi connectivity index (χ1v) is 15.3. The van der Waals surface area contributed by atoms with Crippen LogP contribution >= 0.6 is 11.3 Å². The molecule has 0 atom stereocenters. The lowest BCUT2D eigenvalue weighted by atomic mass is 9.98. The highest BCUT2D eigenvalue weighted by atomic mass is 32.1. The van der Waals surface area contributed by atoms with Gasteiger partial charge in [-0.05, 0) is 76.2 Å². The zero-order valence-electron chi connectivity index (χ0n) is 23.2. The Balaban J connectivity index is 1.03. The number of hydrogen-bond acceptors (Lipinski definition) is 3. The van der Waals surface area contributed by atoms with Crippen molar-refractivity contribution in [3.63, 3.8) is 0 Å². The minimum Gasteiger partial charge on any atom is -0.455 e. The van der Waals surface area contributed by atoms with Gasteiger partial charge in [-0.2, -0.15) is 0 Å². The Hall–Kier alpha value is -5.38. The van der Waals surface area contributed by atoms with Crippen molar-refractivity contribution in [3.8, 4) is 22.3 Å². The van der Waals surface area contributed by atoms with Crippen LogP contribution in [0.3, 0.4) is 0 Å². The van der Waals surface area contributed by atoms with E-state index in [1.165, 1.54) is 47.8 Å². The maximum Gasteiger partial charge on any atom is 0.143 e. The molecule has 9 aromatic rings. The monoisotopic (exact) mass is 567 g/mol. The highest BCUT2D eigenvalue weighted by Gasteiger charge is 2.15. The topological polar surface area (TPSA) is 25.2 Å². The van der Waals surface area contributed by atoms with Gasteiger partial charge in [0, 0.05) is 47.7 Å². The molecule has 0 fully saturated rings. The molecule has 0 spiro atoms. The quantitative estimate of drug-likeness (QED) is 0.229. The molecule has 0 unspecified atom stereocenters. The van der Waals surface area contributed by atoms with Crippen LogP contribution in [0.15, 0.2) is 150 Å². The molecule has 2 aromatic heterocycles. The van der Waals surface area contributed by atoms with Crippen LogP contribution in [0.1, 0.15) is 0 Å². The molecule has 43 heavy (non-hydrogen) atoms. The van der Waals surface area contributed by atoms with Crippen LogP contribution in [-0.2, 0) is 0 Å². The van der Waals surface area contributed by atoms with E-state index >= 15 is 0 Å². The number of anilines is 2. The summed E-state index contributed by atoms with van der Waals surface area (Å²) < 4.78 is 9.06. The van der Waals surface area contributed by atoms with Gasteiger partial charge in [0.2, 0.25) is 0 Å². The van der Waals surface area contributed by atoms with Gasteiger partial charge in [-0.3, -0.25) is 0 Å². The third kappa shape index (κ3) is 3.93. The summed E-state index contributed by atoms with van der Waals surface area (Å²) in [6.07, 6.45) is 0. The molecule has 0 saturated heterocycles. The van der Waals surface area contributed by atoms with Gasteiger partial charge in [-0.25, -0.2) is 0 Å². The van der Waals surface area contributed by atoms with Crippen molar-refractivity contribution in [2.45, 2.75) is 0 Å². The lowest BCUT2D eigenvalue weighted by Crippen LogP contribution is -1.90. The van der Waals surface area contributed by atoms with Crippen molar-refractivity contribution >= 4 is 75.6 Å². The minimum atomic E-state index is 0.914. The van der Waals surface area contributed by atoms with Gasteiger partial charge in [0.25, 0.3) is 0 Å². The molecule has 3 heteroatoms. The van der Waals surface area contributed by atoms with Crippen LogP contribution in [0.25, 0.3) is 75.1 Å². The highest BCUT2D eigenvalue weighted by Crippen LogP contribution is 2.41. The fraction of sp³-hybridized carbons (Fsp3) is 0. The number of fused-ring (bicyclic) bond motifs is 8. The maximum absolute atomic E-state index is 6.40. The first-order valence-electron chi connectivity index (χ1n) is 14.5.